The smallest absolute Gasteiger partial charge is 0.259 e. The monoisotopic (exact) mass is 351 g/mol. The zero-order valence-electron chi connectivity index (χ0n) is 14.8. The molecule has 0 amide bonds. The number of hydrogen-bond acceptors (Lipinski definition) is 4. The highest BCUT2D eigenvalue weighted by Crippen LogP contribution is 2.24. The van der Waals surface area contributed by atoms with Crippen molar-refractivity contribution in [2.75, 3.05) is 13.2 Å². The van der Waals surface area contributed by atoms with Gasteiger partial charge in [0.25, 0.3) is 10.0 Å². The van der Waals surface area contributed by atoms with E-state index in [1.54, 1.807) is 18.5 Å². The fourth-order valence-electron chi connectivity index (χ4n) is 2.13. The molecule has 0 aliphatic carbocycles. The Hall–Kier alpha value is -1.86. The summed E-state index contributed by atoms with van der Waals surface area (Å²) in [5, 5.41) is 0.0250. The van der Waals surface area contributed by atoms with E-state index in [1.165, 1.54) is 11.8 Å². The second-order valence-electron chi connectivity index (χ2n) is 6.76. The summed E-state index contributed by atoms with van der Waals surface area (Å²) in [6, 6.07) is 7.85. The fraction of sp³-hybridized carbons (Fsp3) is 0.471. The lowest BCUT2D eigenvalue weighted by molar-refractivity contribution is 0.322. The molecule has 0 saturated heterocycles. The number of imidazole rings is 1. The first-order valence-electron chi connectivity index (χ1n) is 7.82. The molecular formula is C17H25N3O3S. The average molecular weight is 351 g/mol. The number of aromatic nitrogens is 2. The van der Waals surface area contributed by atoms with Gasteiger partial charge in [-0.15, -0.1) is 0 Å². The van der Waals surface area contributed by atoms with Gasteiger partial charge >= 0.3 is 0 Å². The highest BCUT2D eigenvalue weighted by atomic mass is 32.2. The molecule has 1 heterocycles. The first kappa shape index (κ1) is 18.5. The van der Waals surface area contributed by atoms with Crippen LogP contribution in [0.1, 0.15) is 32.2 Å². The summed E-state index contributed by atoms with van der Waals surface area (Å²) in [4.78, 5) is 4.02. The van der Waals surface area contributed by atoms with E-state index in [0.717, 1.165) is 5.75 Å². The molecule has 0 spiro atoms. The summed E-state index contributed by atoms with van der Waals surface area (Å²) in [5.41, 5.74) is 1.32. The first-order chi connectivity index (χ1) is 11.1. The summed E-state index contributed by atoms with van der Waals surface area (Å²) in [7, 11) is -1.85. The maximum absolute atomic E-state index is 12.1. The van der Waals surface area contributed by atoms with Gasteiger partial charge in [-0.05, 0) is 30.0 Å². The van der Waals surface area contributed by atoms with E-state index >= 15 is 0 Å². The van der Waals surface area contributed by atoms with Crippen molar-refractivity contribution in [1.82, 2.24) is 14.3 Å². The number of rotatable bonds is 6. The van der Waals surface area contributed by atoms with Crippen LogP contribution in [0, 0.1) is 6.92 Å². The zero-order valence-corrected chi connectivity index (χ0v) is 15.6. The van der Waals surface area contributed by atoms with Crippen molar-refractivity contribution in [1.29, 1.82) is 0 Å². The molecule has 1 N–H and O–H groups in total. The summed E-state index contributed by atoms with van der Waals surface area (Å²) in [6.45, 7) is 8.63. The van der Waals surface area contributed by atoms with Gasteiger partial charge in [-0.2, -0.15) is 0 Å². The molecule has 2 aromatic rings. The molecule has 0 saturated carbocycles. The van der Waals surface area contributed by atoms with Gasteiger partial charge in [0.15, 0.2) is 5.03 Å². The van der Waals surface area contributed by atoms with Gasteiger partial charge in [0.2, 0.25) is 0 Å². The number of benzene rings is 1. The molecule has 24 heavy (non-hydrogen) atoms. The van der Waals surface area contributed by atoms with Gasteiger partial charge in [0.1, 0.15) is 18.2 Å². The van der Waals surface area contributed by atoms with Crippen molar-refractivity contribution in [3.8, 4) is 5.75 Å². The predicted octanol–water partition coefficient (Wildman–Crippen LogP) is 2.38. The molecule has 132 valence electrons. The second kappa shape index (κ2) is 6.94. The van der Waals surface area contributed by atoms with Crippen molar-refractivity contribution in [2.24, 2.45) is 7.05 Å². The third-order valence-corrected chi connectivity index (χ3v) is 5.08. The minimum atomic E-state index is -3.60. The van der Waals surface area contributed by atoms with Crippen molar-refractivity contribution in [3.05, 3.63) is 41.9 Å². The molecule has 6 nitrogen and oxygen atoms in total. The summed E-state index contributed by atoms with van der Waals surface area (Å²) in [5.74, 6) is 1.36. The molecule has 1 aromatic carbocycles. The molecule has 2 rings (SSSR count). The zero-order chi connectivity index (χ0) is 18.0. The molecule has 1 aromatic heterocycles. The molecule has 0 bridgehead atoms. The SMILES string of the molecule is Cc1nc(S(=O)(=O)NCCOc2ccc(C(C)(C)C)cc2)cn1C. The van der Waals surface area contributed by atoms with Gasteiger partial charge in [0, 0.05) is 19.8 Å². The lowest BCUT2D eigenvalue weighted by Gasteiger charge is -2.19. The van der Waals surface area contributed by atoms with Crippen LogP contribution in [0.4, 0.5) is 0 Å². The number of aryl methyl sites for hydroxylation is 2. The predicted molar refractivity (Wildman–Crippen MR) is 93.8 cm³/mol. The molecule has 0 unspecified atom stereocenters. The van der Waals surface area contributed by atoms with Gasteiger partial charge < -0.3 is 9.30 Å². The van der Waals surface area contributed by atoms with Crippen molar-refractivity contribution in [2.45, 2.75) is 38.1 Å². The largest absolute Gasteiger partial charge is 0.492 e. The second-order valence-corrected chi connectivity index (χ2v) is 8.47. The number of nitrogens with one attached hydrogen (secondary N) is 1. The molecule has 0 atom stereocenters. The van der Waals surface area contributed by atoms with Crippen molar-refractivity contribution < 1.29 is 13.2 Å². The highest BCUT2D eigenvalue weighted by molar-refractivity contribution is 7.89. The Morgan fingerprint density at radius 3 is 2.33 bits per heavy atom. The van der Waals surface area contributed by atoms with Crippen LogP contribution in [-0.4, -0.2) is 31.1 Å². The van der Waals surface area contributed by atoms with E-state index in [0.29, 0.717) is 5.82 Å². The summed E-state index contributed by atoms with van der Waals surface area (Å²) >= 11 is 0. The van der Waals surface area contributed by atoms with Crippen LogP contribution in [0.25, 0.3) is 0 Å². The summed E-state index contributed by atoms with van der Waals surface area (Å²) in [6.07, 6.45) is 1.49. The van der Waals surface area contributed by atoms with Gasteiger partial charge in [-0.1, -0.05) is 32.9 Å². The molecular weight excluding hydrogens is 326 g/mol. The number of ether oxygens (including phenoxy) is 1. The van der Waals surface area contributed by atoms with E-state index in [-0.39, 0.29) is 23.6 Å². The summed E-state index contributed by atoms with van der Waals surface area (Å²) < 4.78 is 34.0. The topological polar surface area (TPSA) is 73.2 Å². The van der Waals surface area contributed by atoms with Gasteiger partial charge in [-0.3, -0.25) is 0 Å². The third kappa shape index (κ3) is 4.58. The Balaban J connectivity index is 1.86. The van der Waals surface area contributed by atoms with Crippen LogP contribution in [0.2, 0.25) is 0 Å². The minimum absolute atomic E-state index is 0.0250. The maximum Gasteiger partial charge on any atom is 0.259 e. The Labute approximate surface area is 143 Å². The van der Waals surface area contributed by atoms with Crippen LogP contribution < -0.4 is 9.46 Å². The van der Waals surface area contributed by atoms with Crippen LogP contribution >= 0.6 is 0 Å². The Kier molecular flexibility index (Phi) is 5.35. The first-order valence-corrected chi connectivity index (χ1v) is 9.31. The van der Waals surface area contributed by atoms with E-state index in [1.807, 2.05) is 24.3 Å². The number of nitrogens with zero attached hydrogens (tertiary/aromatic N) is 2. The lowest BCUT2D eigenvalue weighted by atomic mass is 9.87. The Bertz CT molecular complexity index is 768. The minimum Gasteiger partial charge on any atom is -0.492 e. The molecule has 0 radical (unpaired) electrons. The van der Waals surface area contributed by atoms with Crippen molar-refractivity contribution >= 4 is 10.0 Å². The molecule has 7 heteroatoms. The van der Waals surface area contributed by atoms with E-state index < -0.39 is 10.0 Å². The van der Waals surface area contributed by atoms with E-state index in [9.17, 15) is 8.42 Å². The van der Waals surface area contributed by atoms with Crippen LogP contribution in [0.5, 0.6) is 5.75 Å². The normalized spacial score (nSPS) is 12.4. The van der Waals surface area contributed by atoms with Crippen LogP contribution in [0.3, 0.4) is 0 Å². The van der Waals surface area contributed by atoms with Crippen LogP contribution in [0.15, 0.2) is 35.5 Å². The van der Waals surface area contributed by atoms with E-state index in [4.69, 9.17) is 4.74 Å². The van der Waals surface area contributed by atoms with Gasteiger partial charge in [0.05, 0.1) is 0 Å². The highest BCUT2D eigenvalue weighted by Gasteiger charge is 2.18. The average Bonchev–Trinajstić information content (AvgIpc) is 2.84. The number of sulfonamides is 1. The standard InChI is InChI=1S/C17H25N3O3S/c1-13-19-16(12-20(13)5)24(21,22)18-10-11-23-15-8-6-14(7-9-15)17(2,3)4/h6-9,12,18H,10-11H2,1-5H3. The van der Waals surface area contributed by atoms with Gasteiger partial charge in [-0.25, -0.2) is 18.1 Å². The molecule has 0 aliphatic rings. The van der Waals surface area contributed by atoms with Crippen molar-refractivity contribution in [3.63, 3.8) is 0 Å². The fourth-order valence-corrected chi connectivity index (χ4v) is 3.17. The third-order valence-electron chi connectivity index (χ3n) is 3.75. The molecule has 0 aliphatic heterocycles. The quantitative estimate of drug-likeness (QED) is 0.811. The molecule has 0 fully saturated rings. The number of hydrogen-bond donors (Lipinski definition) is 1. The van der Waals surface area contributed by atoms with E-state index in [2.05, 4.69) is 30.5 Å². The van der Waals surface area contributed by atoms with Crippen LogP contribution in [-0.2, 0) is 22.5 Å². The lowest BCUT2D eigenvalue weighted by Crippen LogP contribution is -2.28. The Morgan fingerprint density at radius 1 is 1.21 bits per heavy atom. The maximum atomic E-state index is 12.1. The Morgan fingerprint density at radius 2 is 1.83 bits per heavy atom.